The summed E-state index contributed by atoms with van der Waals surface area (Å²) >= 11 is 1.94. The van der Waals surface area contributed by atoms with Crippen LogP contribution in [0.3, 0.4) is 0 Å². The number of nitrogens with one attached hydrogen (secondary N) is 1. The molecule has 0 atom stereocenters. The van der Waals surface area contributed by atoms with E-state index in [1.54, 1.807) is 4.88 Å². The standard InChI is InChI=1S/C15H25NS/c1-4-7-16-11-15(14-6-5-8-17-14)9-13(10-15)12(2)3/h5-6,8,12-13,16H,4,7,9-11H2,1-3H3. The van der Waals surface area contributed by atoms with Gasteiger partial charge in [0.15, 0.2) is 0 Å². The van der Waals surface area contributed by atoms with Crippen molar-refractivity contribution >= 4 is 11.3 Å². The molecule has 0 saturated heterocycles. The topological polar surface area (TPSA) is 12.0 Å². The Balaban J connectivity index is 2.00. The van der Waals surface area contributed by atoms with Crippen LogP contribution in [0.1, 0.15) is 44.9 Å². The largest absolute Gasteiger partial charge is 0.316 e. The van der Waals surface area contributed by atoms with Gasteiger partial charge in [0.05, 0.1) is 0 Å². The molecule has 0 aromatic carbocycles. The Morgan fingerprint density at radius 2 is 2.24 bits per heavy atom. The molecular formula is C15H25NS. The van der Waals surface area contributed by atoms with Crippen molar-refractivity contribution in [2.24, 2.45) is 11.8 Å². The molecule has 1 N–H and O–H groups in total. The maximum atomic E-state index is 3.63. The molecule has 1 heterocycles. The van der Waals surface area contributed by atoms with E-state index in [2.05, 4.69) is 43.6 Å². The summed E-state index contributed by atoms with van der Waals surface area (Å²) < 4.78 is 0. The first-order valence-electron chi connectivity index (χ1n) is 6.92. The first-order valence-corrected chi connectivity index (χ1v) is 7.80. The number of hydrogen-bond donors (Lipinski definition) is 1. The Hall–Kier alpha value is -0.340. The minimum Gasteiger partial charge on any atom is -0.316 e. The molecule has 1 saturated carbocycles. The molecule has 2 heteroatoms. The molecule has 0 aliphatic heterocycles. The van der Waals surface area contributed by atoms with Crippen LogP contribution in [0.25, 0.3) is 0 Å². The van der Waals surface area contributed by atoms with E-state index in [1.165, 1.54) is 25.8 Å². The molecule has 96 valence electrons. The Labute approximate surface area is 110 Å². The summed E-state index contributed by atoms with van der Waals surface area (Å²) in [6.45, 7) is 9.29. The van der Waals surface area contributed by atoms with Gasteiger partial charge in [0.25, 0.3) is 0 Å². The number of thiophene rings is 1. The lowest BCUT2D eigenvalue weighted by Crippen LogP contribution is -2.49. The Morgan fingerprint density at radius 1 is 1.47 bits per heavy atom. The summed E-state index contributed by atoms with van der Waals surface area (Å²) in [4.78, 5) is 1.60. The van der Waals surface area contributed by atoms with Crippen LogP contribution < -0.4 is 5.32 Å². The van der Waals surface area contributed by atoms with E-state index in [0.717, 1.165) is 18.4 Å². The quantitative estimate of drug-likeness (QED) is 0.752. The van der Waals surface area contributed by atoms with Crippen LogP contribution >= 0.6 is 11.3 Å². The Kier molecular flexibility index (Phi) is 4.26. The van der Waals surface area contributed by atoms with Crippen molar-refractivity contribution in [2.75, 3.05) is 13.1 Å². The highest BCUT2D eigenvalue weighted by Crippen LogP contribution is 2.51. The molecule has 1 aliphatic carbocycles. The van der Waals surface area contributed by atoms with Crippen molar-refractivity contribution in [3.63, 3.8) is 0 Å². The van der Waals surface area contributed by atoms with E-state index >= 15 is 0 Å². The van der Waals surface area contributed by atoms with E-state index in [9.17, 15) is 0 Å². The minimum absolute atomic E-state index is 0.457. The predicted octanol–water partition coefficient (Wildman–Crippen LogP) is 4.05. The maximum Gasteiger partial charge on any atom is 0.0177 e. The molecule has 2 rings (SSSR count). The van der Waals surface area contributed by atoms with Gasteiger partial charge in [-0.2, -0.15) is 0 Å². The summed E-state index contributed by atoms with van der Waals surface area (Å²) in [5.74, 6) is 1.77. The second-order valence-corrected chi connectivity index (χ2v) is 6.79. The van der Waals surface area contributed by atoms with Crippen molar-refractivity contribution in [3.8, 4) is 0 Å². The van der Waals surface area contributed by atoms with E-state index in [4.69, 9.17) is 0 Å². The van der Waals surface area contributed by atoms with Gasteiger partial charge >= 0.3 is 0 Å². The molecule has 1 nitrogen and oxygen atoms in total. The zero-order valence-electron chi connectivity index (χ0n) is 11.3. The van der Waals surface area contributed by atoms with Gasteiger partial charge in [0.2, 0.25) is 0 Å². The van der Waals surface area contributed by atoms with Crippen LogP contribution in [-0.4, -0.2) is 13.1 Å². The van der Waals surface area contributed by atoms with Crippen LogP contribution in [0.15, 0.2) is 17.5 Å². The molecule has 1 aromatic heterocycles. The first kappa shape index (κ1) is 13.1. The van der Waals surface area contributed by atoms with E-state index < -0.39 is 0 Å². The average Bonchev–Trinajstić information content (AvgIpc) is 2.74. The van der Waals surface area contributed by atoms with Gasteiger partial charge in [-0.15, -0.1) is 11.3 Å². The van der Waals surface area contributed by atoms with E-state index in [0.29, 0.717) is 5.41 Å². The molecule has 1 aliphatic rings. The molecule has 0 spiro atoms. The summed E-state index contributed by atoms with van der Waals surface area (Å²) in [6, 6.07) is 4.53. The molecule has 0 unspecified atom stereocenters. The highest BCUT2D eigenvalue weighted by atomic mass is 32.1. The third kappa shape index (κ3) is 2.74. The van der Waals surface area contributed by atoms with Gasteiger partial charge < -0.3 is 5.32 Å². The van der Waals surface area contributed by atoms with Gasteiger partial charge in [0, 0.05) is 16.8 Å². The number of hydrogen-bond acceptors (Lipinski definition) is 2. The van der Waals surface area contributed by atoms with Crippen molar-refractivity contribution < 1.29 is 0 Å². The molecular weight excluding hydrogens is 226 g/mol. The zero-order valence-corrected chi connectivity index (χ0v) is 12.1. The fourth-order valence-electron chi connectivity index (χ4n) is 2.93. The molecule has 17 heavy (non-hydrogen) atoms. The lowest BCUT2D eigenvalue weighted by atomic mass is 9.58. The third-order valence-electron chi connectivity index (χ3n) is 4.18. The third-order valence-corrected chi connectivity index (χ3v) is 5.30. The molecule has 0 radical (unpaired) electrons. The highest BCUT2D eigenvalue weighted by Gasteiger charge is 2.46. The molecule has 0 bridgehead atoms. The number of rotatable bonds is 6. The fourth-order valence-corrected chi connectivity index (χ4v) is 3.88. The van der Waals surface area contributed by atoms with Gasteiger partial charge in [-0.05, 0) is 49.1 Å². The Morgan fingerprint density at radius 3 is 2.76 bits per heavy atom. The van der Waals surface area contributed by atoms with E-state index in [-0.39, 0.29) is 0 Å². The predicted molar refractivity (Wildman–Crippen MR) is 76.7 cm³/mol. The molecule has 1 fully saturated rings. The van der Waals surface area contributed by atoms with Crippen LogP contribution in [0.5, 0.6) is 0 Å². The second kappa shape index (κ2) is 5.53. The van der Waals surface area contributed by atoms with Crippen molar-refractivity contribution in [1.82, 2.24) is 5.32 Å². The zero-order chi connectivity index (χ0) is 12.3. The first-order chi connectivity index (χ1) is 8.18. The van der Waals surface area contributed by atoms with Crippen molar-refractivity contribution in [3.05, 3.63) is 22.4 Å². The van der Waals surface area contributed by atoms with Crippen LogP contribution in [-0.2, 0) is 5.41 Å². The lowest BCUT2D eigenvalue weighted by molar-refractivity contribution is 0.101. The van der Waals surface area contributed by atoms with Crippen LogP contribution in [0.2, 0.25) is 0 Å². The molecule has 1 aromatic rings. The average molecular weight is 251 g/mol. The van der Waals surface area contributed by atoms with Crippen molar-refractivity contribution in [2.45, 2.75) is 45.4 Å². The fraction of sp³-hybridized carbons (Fsp3) is 0.733. The monoisotopic (exact) mass is 251 g/mol. The second-order valence-electron chi connectivity index (χ2n) is 5.85. The van der Waals surface area contributed by atoms with Crippen LogP contribution in [0, 0.1) is 11.8 Å². The SMILES string of the molecule is CCCNCC1(c2cccs2)CC(C(C)C)C1. The normalized spacial score (nSPS) is 28.4. The summed E-state index contributed by atoms with van der Waals surface area (Å²) in [6.07, 6.45) is 3.98. The van der Waals surface area contributed by atoms with Crippen molar-refractivity contribution in [1.29, 1.82) is 0 Å². The minimum atomic E-state index is 0.457. The smallest absolute Gasteiger partial charge is 0.0177 e. The van der Waals surface area contributed by atoms with Gasteiger partial charge in [-0.25, -0.2) is 0 Å². The highest BCUT2D eigenvalue weighted by molar-refractivity contribution is 7.10. The molecule has 0 amide bonds. The summed E-state index contributed by atoms with van der Waals surface area (Å²) in [5, 5.41) is 5.85. The van der Waals surface area contributed by atoms with Gasteiger partial charge in [-0.3, -0.25) is 0 Å². The maximum absolute atomic E-state index is 3.63. The van der Waals surface area contributed by atoms with Crippen LogP contribution in [0.4, 0.5) is 0 Å². The summed E-state index contributed by atoms with van der Waals surface area (Å²) in [7, 11) is 0. The lowest BCUT2D eigenvalue weighted by Gasteiger charge is -2.49. The van der Waals surface area contributed by atoms with E-state index in [1.807, 2.05) is 11.3 Å². The van der Waals surface area contributed by atoms with Gasteiger partial charge in [-0.1, -0.05) is 26.8 Å². The Bertz CT molecular complexity index is 323. The van der Waals surface area contributed by atoms with Gasteiger partial charge in [0.1, 0.15) is 0 Å². The summed E-state index contributed by atoms with van der Waals surface area (Å²) in [5.41, 5.74) is 0.457.